The van der Waals surface area contributed by atoms with Crippen LogP contribution in [0.15, 0.2) is 0 Å². The number of aryl methyl sites for hydroxylation is 1. The van der Waals surface area contributed by atoms with Gasteiger partial charge in [0.15, 0.2) is 5.69 Å². The number of fused-ring (bicyclic) bond motifs is 1. The summed E-state index contributed by atoms with van der Waals surface area (Å²) in [5.74, 6) is -0.233. The van der Waals surface area contributed by atoms with E-state index in [9.17, 15) is 9.59 Å². The number of rotatable bonds is 5. The molecule has 138 valence electrons. The summed E-state index contributed by atoms with van der Waals surface area (Å²) in [4.78, 5) is 26.6. The van der Waals surface area contributed by atoms with E-state index in [0.717, 1.165) is 36.9 Å². The zero-order chi connectivity index (χ0) is 17.9. The minimum absolute atomic E-state index is 0.0971. The normalized spacial score (nSPS) is 23.2. The first-order valence-corrected chi connectivity index (χ1v) is 8.77. The van der Waals surface area contributed by atoms with Crippen LogP contribution in [-0.4, -0.2) is 73.0 Å². The number of methoxy groups -OCH3 is 1. The number of ether oxygens (including phenoxy) is 2. The first-order valence-electron chi connectivity index (χ1n) is 8.77. The van der Waals surface area contributed by atoms with Gasteiger partial charge in [-0.25, -0.2) is 0 Å². The molecule has 1 aliphatic carbocycles. The summed E-state index contributed by atoms with van der Waals surface area (Å²) in [6, 6.07) is 0. The number of amides is 2. The lowest BCUT2D eigenvalue weighted by Crippen LogP contribution is -2.57. The van der Waals surface area contributed by atoms with Gasteiger partial charge in [0.25, 0.3) is 5.91 Å². The summed E-state index contributed by atoms with van der Waals surface area (Å²) in [6.07, 6.45) is 4.20. The molecule has 25 heavy (non-hydrogen) atoms. The van der Waals surface area contributed by atoms with Gasteiger partial charge in [0.05, 0.1) is 26.2 Å². The van der Waals surface area contributed by atoms with E-state index in [1.54, 1.807) is 19.1 Å². The first kappa shape index (κ1) is 17.9. The SMILES string of the molecule is CNC(=O)C[C@@]1(COC)CN(C(=O)c2n[nH]c3c2CCCC3)CCO1. The van der Waals surface area contributed by atoms with Gasteiger partial charge in [-0.05, 0) is 25.7 Å². The Morgan fingerprint density at radius 2 is 2.20 bits per heavy atom. The van der Waals surface area contributed by atoms with Gasteiger partial charge in [-0.15, -0.1) is 0 Å². The number of carbonyl (C=O) groups is 2. The van der Waals surface area contributed by atoms with Crippen LogP contribution in [0.5, 0.6) is 0 Å². The molecular formula is C17H26N4O4. The molecule has 1 saturated heterocycles. The number of H-pyrrole nitrogens is 1. The highest BCUT2D eigenvalue weighted by Gasteiger charge is 2.41. The van der Waals surface area contributed by atoms with Gasteiger partial charge >= 0.3 is 0 Å². The van der Waals surface area contributed by atoms with Crippen molar-refractivity contribution in [2.45, 2.75) is 37.7 Å². The molecule has 2 heterocycles. The van der Waals surface area contributed by atoms with Crippen molar-refractivity contribution in [2.75, 3.05) is 40.5 Å². The maximum Gasteiger partial charge on any atom is 0.274 e. The predicted molar refractivity (Wildman–Crippen MR) is 90.4 cm³/mol. The Bertz CT molecular complexity index is 641. The summed E-state index contributed by atoms with van der Waals surface area (Å²) in [5, 5.41) is 9.90. The average molecular weight is 350 g/mol. The fourth-order valence-corrected chi connectivity index (χ4v) is 3.72. The van der Waals surface area contributed by atoms with Crippen LogP contribution in [0.4, 0.5) is 0 Å². The molecule has 2 N–H and O–H groups in total. The van der Waals surface area contributed by atoms with Crippen molar-refractivity contribution in [1.29, 1.82) is 0 Å². The van der Waals surface area contributed by atoms with Crippen molar-refractivity contribution >= 4 is 11.8 Å². The highest BCUT2D eigenvalue weighted by atomic mass is 16.5. The van der Waals surface area contributed by atoms with Crippen molar-refractivity contribution < 1.29 is 19.1 Å². The molecule has 8 nitrogen and oxygen atoms in total. The van der Waals surface area contributed by atoms with Gasteiger partial charge in [0.2, 0.25) is 5.91 Å². The van der Waals surface area contributed by atoms with Crippen LogP contribution in [0.1, 0.15) is 41.0 Å². The van der Waals surface area contributed by atoms with E-state index in [4.69, 9.17) is 9.47 Å². The van der Waals surface area contributed by atoms with Crippen LogP contribution >= 0.6 is 0 Å². The third kappa shape index (κ3) is 3.69. The van der Waals surface area contributed by atoms with Gasteiger partial charge in [0, 0.05) is 32.0 Å². The molecule has 8 heteroatoms. The zero-order valence-corrected chi connectivity index (χ0v) is 14.9. The Morgan fingerprint density at radius 1 is 1.40 bits per heavy atom. The molecule has 1 aliphatic heterocycles. The molecule has 0 aromatic carbocycles. The largest absolute Gasteiger partial charge is 0.382 e. The van der Waals surface area contributed by atoms with E-state index < -0.39 is 5.60 Å². The number of hydrogen-bond acceptors (Lipinski definition) is 5. The maximum atomic E-state index is 13.0. The number of aromatic nitrogens is 2. The summed E-state index contributed by atoms with van der Waals surface area (Å²) in [7, 11) is 3.16. The Morgan fingerprint density at radius 3 is 2.96 bits per heavy atom. The Hall–Kier alpha value is -1.93. The third-order valence-corrected chi connectivity index (χ3v) is 4.96. The fraction of sp³-hybridized carbons (Fsp3) is 0.706. The average Bonchev–Trinajstić information content (AvgIpc) is 3.05. The van der Waals surface area contributed by atoms with Crippen LogP contribution in [0, 0.1) is 0 Å². The molecule has 1 aromatic rings. The van der Waals surface area contributed by atoms with Crippen LogP contribution in [-0.2, 0) is 27.1 Å². The van der Waals surface area contributed by atoms with Crippen molar-refractivity contribution in [3.8, 4) is 0 Å². The summed E-state index contributed by atoms with van der Waals surface area (Å²) in [6.45, 7) is 1.43. The second-order valence-electron chi connectivity index (χ2n) is 6.78. The van der Waals surface area contributed by atoms with Crippen molar-refractivity contribution in [1.82, 2.24) is 20.4 Å². The standard InChI is InChI=1S/C17H26N4O4/c1-18-14(22)9-17(11-24-2)10-21(7-8-25-17)16(23)15-12-5-3-4-6-13(12)19-20-15/h3-11H2,1-2H3,(H,18,22)(H,19,20)/t17-/m0/s1. The molecule has 0 spiro atoms. The molecule has 0 radical (unpaired) electrons. The lowest BCUT2D eigenvalue weighted by Gasteiger charge is -2.41. The monoisotopic (exact) mass is 350 g/mol. The third-order valence-electron chi connectivity index (χ3n) is 4.96. The van der Waals surface area contributed by atoms with Gasteiger partial charge in [0.1, 0.15) is 5.60 Å². The molecule has 2 amide bonds. The Kier molecular flexibility index (Phi) is 5.39. The molecule has 1 fully saturated rings. The second-order valence-corrected chi connectivity index (χ2v) is 6.78. The second kappa shape index (κ2) is 7.53. The van der Waals surface area contributed by atoms with Gasteiger partial charge < -0.3 is 19.7 Å². The summed E-state index contributed by atoms with van der Waals surface area (Å²) < 4.78 is 11.2. The Labute approximate surface area is 147 Å². The zero-order valence-electron chi connectivity index (χ0n) is 14.9. The molecule has 1 atom stereocenters. The van der Waals surface area contributed by atoms with Gasteiger partial charge in [-0.3, -0.25) is 14.7 Å². The lowest BCUT2D eigenvalue weighted by atomic mass is 9.94. The Balaban J connectivity index is 1.78. The van der Waals surface area contributed by atoms with E-state index >= 15 is 0 Å². The smallest absolute Gasteiger partial charge is 0.274 e. The number of nitrogens with zero attached hydrogens (tertiary/aromatic N) is 2. The molecular weight excluding hydrogens is 324 g/mol. The highest BCUT2D eigenvalue weighted by Crippen LogP contribution is 2.27. The number of nitrogens with one attached hydrogen (secondary N) is 2. The number of morpholine rings is 1. The van der Waals surface area contributed by atoms with E-state index in [0.29, 0.717) is 25.4 Å². The van der Waals surface area contributed by atoms with Crippen molar-refractivity contribution in [2.24, 2.45) is 0 Å². The van der Waals surface area contributed by atoms with E-state index in [1.807, 2.05) is 0 Å². The minimum Gasteiger partial charge on any atom is -0.382 e. The molecule has 0 unspecified atom stereocenters. The van der Waals surface area contributed by atoms with Crippen LogP contribution in [0.3, 0.4) is 0 Å². The van der Waals surface area contributed by atoms with Crippen LogP contribution in [0.2, 0.25) is 0 Å². The topological polar surface area (TPSA) is 96.5 Å². The lowest BCUT2D eigenvalue weighted by molar-refractivity contribution is -0.150. The number of hydrogen-bond donors (Lipinski definition) is 2. The molecule has 1 aromatic heterocycles. The number of aromatic amines is 1. The van der Waals surface area contributed by atoms with Crippen LogP contribution < -0.4 is 5.32 Å². The predicted octanol–water partition coefficient (Wildman–Crippen LogP) is 0.282. The van der Waals surface area contributed by atoms with E-state index in [-0.39, 0.29) is 24.8 Å². The quantitative estimate of drug-likeness (QED) is 0.795. The van der Waals surface area contributed by atoms with E-state index in [1.165, 1.54) is 0 Å². The first-order chi connectivity index (χ1) is 12.1. The minimum atomic E-state index is -0.820. The fourth-order valence-electron chi connectivity index (χ4n) is 3.72. The summed E-state index contributed by atoms with van der Waals surface area (Å²) >= 11 is 0. The highest BCUT2D eigenvalue weighted by molar-refractivity contribution is 5.94. The summed E-state index contributed by atoms with van der Waals surface area (Å²) in [5.41, 5.74) is 1.82. The molecule has 0 bridgehead atoms. The van der Waals surface area contributed by atoms with Crippen molar-refractivity contribution in [3.63, 3.8) is 0 Å². The molecule has 0 saturated carbocycles. The molecule has 2 aliphatic rings. The van der Waals surface area contributed by atoms with E-state index in [2.05, 4.69) is 15.5 Å². The van der Waals surface area contributed by atoms with Gasteiger partial charge in [-0.2, -0.15) is 5.10 Å². The molecule has 3 rings (SSSR count). The van der Waals surface area contributed by atoms with Gasteiger partial charge in [-0.1, -0.05) is 0 Å². The van der Waals surface area contributed by atoms with Crippen molar-refractivity contribution in [3.05, 3.63) is 17.0 Å². The van der Waals surface area contributed by atoms with Crippen LogP contribution in [0.25, 0.3) is 0 Å². The maximum absolute atomic E-state index is 13.0. The number of carbonyl (C=O) groups excluding carboxylic acids is 2.